The highest BCUT2D eigenvalue weighted by Crippen LogP contribution is 2.32. The summed E-state index contributed by atoms with van der Waals surface area (Å²) in [6.45, 7) is 15.0. The van der Waals surface area contributed by atoms with E-state index in [0.717, 1.165) is 71.5 Å². The Morgan fingerprint density at radius 1 is 0.547 bits per heavy atom. The van der Waals surface area contributed by atoms with Crippen LogP contribution in [0.4, 0.5) is 23.5 Å². The Balaban J connectivity index is 0.000000164. The monoisotopic (exact) mass is 706 g/mol. The van der Waals surface area contributed by atoms with Gasteiger partial charge in [0.1, 0.15) is 11.6 Å². The van der Waals surface area contributed by atoms with E-state index < -0.39 is 0 Å². The Labute approximate surface area is 315 Å². The molecular formula is C45H54N8. The number of fused-ring (bicyclic) bond motifs is 2. The third-order valence-corrected chi connectivity index (χ3v) is 10.6. The molecule has 0 bridgehead atoms. The lowest BCUT2D eigenvalue weighted by Gasteiger charge is -2.30. The van der Waals surface area contributed by atoms with Crippen molar-refractivity contribution in [1.29, 1.82) is 0 Å². The zero-order valence-corrected chi connectivity index (χ0v) is 32.1. The maximum absolute atomic E-state index is 4.96. The van der Waals surface area contributed by atoms with E-state index >= 15 is 0 Å². The molecule has 0 amide bonds. The summed E-state index contributed by atoms with van der Waals surface area (Å²) in [5.41, 5.74) is 6.82. The second-order valence-electron chi connectivity index (χ2n) is 15.3. The van der Waals surface area contributed by atoms with E-state index in [0.29, 0.717) is 0 Å². The molecule has 2 aromatic heterocycles. The summed E-state index contributed by atoms with van der Waals surface area (Å²) in [5, 5.41) is 9.47. The molecule has 2 aliphatic heterocycles. The van der Waals surface area contributed by atoms with Gasteiger partial charge >= 0.3 is 0 Å². The van der Waals surface area contributed by atoms with Crippen LogP contribution in [0.5, 0.6) is 0 Å². The lowest BCUT2D eigenvalue weighted by molar-refractivity contribution is 0.567. The molecule has 0 spiro atoms. The highest BCUT2D eigenvalue weighted by atomic mass is 15.3. The molecule has 2 N–H and O–H groups in total. The summed E-state index contributed by atoms with van der Waals surface area (Å²) in [5.74, 6) is 3.52. The predicted octanol–water partition coefficient (Wildman–Crippen LogP) is 10.4. The van der Waals surface area contributed by atoms with Crippen molar-refractivity contribution < 1.29 is 0 Å². The highest BCUT2D eigenvalue weighted by molar-refractivity contribution is 5.91. The van der Waals surface area contributed by atoms with Crippen molar-refractivity contribution in [3.63, 3.8) is 0 Å². The van der Waals surface area contributed by atoms with E-state index in [1.807, 2.05) is 18.2 Å². The molecule has 6 aromatic rings. The number of para-hydroxylation sites is 2. The standard InChI is InChI=1S/C23H28N4.C22H26N4/c1-17-11-13-18(14-12-17)23(2,3)26-21-19-9-5-6-10-20(19)24-22(25-21)27-15-7-4-8-16-27;1-16-10-12-18(13-11-16)17(2)23-21-19-8-4-5-9-20(19)24-22(25-21)26-14-6-3-7-15-26/h5-6,9-14H,4,7-8,15-16H2,1-3H3,(H,24,25,26);4-5,8-13,17H,3,6-7,14-15H2,1-2H3,(H,23,24,25)/t;17-/m.1/s1. The van der Waals surface area contributed by atoms with Crippen LogP contribution in [0.1, 0.15) is 87.6 Å². The van der Waals surface area contributed by atoms with Crippen molar-refractivity contribution in [2.75, 3.05) is 46.6 Å². The zero-order chi connectivity index (χ0) is 36.8. The van der Waals surface area contributed by atoms with Crippen LogP contribution in [-0.2, 0) is 5.54 Å². The number of piperidine rings is 2. The molecule has 2 aliphatic rings. The van der Waals surface area contributed by atoms with Gasteiger partial charge in [0.2, 0.25) is 11.9 Å². The van der Waals surface area contributed by atoms with Crippen molar-refractivity contribution in [2.45, 2.75) is 84.7 Å². The van der Waals surface area contributed by atoms with E-state index in [9.17, 15) is 0 Å². The first-order valence-corrected chi connectivity index (χ1v) is 19.5. The molecule has 4 heterocycles. The minimum atomic E-state index is -0.232. The van der Waals surface area contributed by atoms with Crippen LogP contribution in [0, 0.1) is 13.8 Å². The summed E-state index contributed by atoms with van der Waals surface area (Å²) >= 11 is 0. The number of nitrogens with one attached hydrogen (secondary N) is 2. The van der Waals surface area contributed by atoms with E-state index in [-0.39, 0.29) is 11.6 Å². The molecule has 8 heteroatoms. The third-order valence-electron chi connectivity index (χ3n) is 10.6. The zero-order valence-electron chi connectivity index (χ0n) is 32.1. The maximum Gasteiger partial charge on any atom is 0.227 e. The second-order valence-corrected chi connectivity index (χ2v) is 15.3. The van der Waals surface area contributed by atoms with Crippen LogP contribution in [0.3, 0.4) is 0 Å². The normalized spacial score (nSPS) is 15.5. The van der Waals surface area contributed by atoms with E-state index in [1.54, 1.807) is 0 Å². The summed E-state index contributed by atoms with van der Waals surface area (Å²) in [7, 11) is 0. The SMILES string of the molecule is Cc1ccc(C(C)(C)Nc2nc(N3CCCCC3)nc3ccccc23)cc1.Cc1ccc([C@@H](C)Nc2nc(N3CCCCC3)nc3ccccc23)cc1. The van der Waals surface area contributed by atoms with Crippen LogP contribution >= 0.6 is 0 Å². The molecule has 274 valence electrons. The average Bonchev–Trinajstić information content (AvgIpc) is 3.19. The highest BCUT2D eigenvalue weighted by Gasteiger charge is 2.24. The molecule has 1 atom stereocenters. The van der Waals surface area contributed by atoms with Crippen LogP contribution in [0.2, 0.25) is 0 Å². The molecule has 0 aliphatic carbocycles. The van der Waals surface area contributed by atoms with Gasteiger partial charge in [-0.25, -0.2) is 9.97 Å². The summed E-state index contributed by atoms with van der Waals surface area (Å²) in [4.78, 5) is 24.2. The number of benzene rings is 4. The molecule has 4 aromatic carbocycles. The van der Waals surface area contributed by atoms with Crippen LogP contribution < -0.4 is 20.4 Å². The smallest absolute Gasteiger partial charge is 0.227 e. The van der Waals surface area contributed by atoms with Gasteiger partial charge in [0.25, 0.3) is 0 Å². The van der Waals surface area contributed by atoms with Gasteiger partial charge in [-0.1, -0.05) is 83.9 Å². The van der Waals surface area contributed by atoms with Gasteiger partial charge < -0.3 is 20.4 Å². The molecule has 8 nitrogen and oxygen atoms in total. The van der Waals surface area contributed by atoms with Crippen molar-refractivity contribution >= 4 is 45.3 Å². The Kier molecular flexibility index (Phi) is 11.0. The first-order chi connectivity index (χ1) is 25.7. The van der Waals surface area contributed by atoms with Crippen LogP contribution in [0.25, 0.3) is 21.8 Å². The van der Waals surface area contributed by atoms with Gasteiger partial charge in [0.15, 0.2) is 0 Å². The molecule has 2 fully saturated rings. The Hall–Kier alpha value is -5.24. The van der Waals surface area contributed by atoms with Gasteiger partial charge in [0, 0.05) is 43.0 Å². The molecule has 2 saturated heterocycles. The minimum absolute atomic E-state index is 0.183. The second kappa shape index (κ2) is 16.2. The number of aromatic nitrogens is 4. The number of aryl methyl sites for hydroxylation is 2. The summed E-state index contributed by atoms with van der Waals surface area (Å²) in [6.07, 6.45) is 7.48. The molecule has 0 unspecified atom stereocenters. The molecule has 8 rings (SSSR count). The molecule has 53 heavy (non-hydrogen) atoms. The number of hydrogen-bond donors (Lipinski definition) is 2. The minimum Gasteiger partial charge on any atom is -0.363 e. The number of rotatable bonds is 8. The topological polar surface area (TPSA) is 82.1 Å². The van der Waals surface area contributed by atoms with Crippen molar-refractivity contribution in [1.82, 2.24) is 19.9 Å². The number of hydrogen-bond acceptors (Lipinski definition) is 8. The Bertz CT molecular complexity index is 2110. The predicted molar refractivity (Wildman–Crippen MR) is 222 cm³/mol. The Morgan fingerprint density at radius 3 is 1.53 bits per heavy atom. The number of anilines is 4. The fourth-order valence-electron chi connectivity index (χ4n) is 7.29. The van der Waals surface area contributed by atoms with Crippen molar-refractivity contribution in [2.24, 2.45) is 0 Å². The fourth-order valence-corrected chi connectivity index (χ4v) is 7.29. The summed E-state index contributed by atoms with van der Waals surface area (Å²) in [6, 6.07) is 34.1. The molecule has 0 radical (unpaired) electrons. The quantitative estimate of drug-likeness (QED) is 0.162. The molecular weight excluding hydrogens is 653 g/mol. The van der Waals surface area contributed by atoms with Gasteiger partial charge in [-0.05, 0) is 109 Å². The first-order valence-electron chi connectivity index (χ1n) is 19.5. The van der Waals surface area contributed by atoms with E-state index in [2.05, 4.69) is 134 Å². The Morgan fingerprint density at radius 2 is 1.00 bits per heavy atom. The third kappa shape index (κ3) is 8.70. The van der Waals surface area contributed by atoms with Gasteiger partial charge in [0.05, 0.1) is 16.6 Å². The number of nitrogens with zero attached hydrogens (tertiary/aromatic N) is 6. The van der Waals surface area contributed by atoms with Crippen molar-refractivity contribution in [3.8, 4) is 0 Å². The van der Waals surface area contributed by atoms with E-state index in [1.165, 1.54) is 60.8 Å². The lowest BCUT2D eigenvalue weighted by atomic mass is 9.93. The largest absolute Gasteiger partial charge is 0.363 e. The van der Waals surface area contributed by atoms with Gasteiger partial charge in [-0.2, -0.15) is 9.97 Å². The first kappa shape index (κ1) is 36.1. The average molecular weight is 707 g/mol. The van der Waals surface area contributed by atoms with Crippen molar-refractivity contribution in [3.05, 3.63) is 119 Å². The van der Waals surface area contributed by atoms with Crippen LogP contribution in [0.15, 0.2) is 97.1 Å². The van der Waals surface area contributed by atoms with Crippen LogP contribution in [-0.4, -0.2) is 46.1 Å². The van der Waals surface area contributed by atoms with Gasteiger partial charge in [-0.3, -0.25) is 0 Å². The lowest BCUT2D eigenvalue weighted by Crippen LogP contribution is -2.32. The van der Waals surface area contributed by atoms with Gasteiger partial charge in [-0.15, -0.1) is 0 Å². The maximum atomic E-state index is 4.96. The summed E-state index contributed by atoms with van der Waals surface area (Å²) < 4.78 is 0. The molecule has 0 saturated carbocycles. The van der Waals surface area contributed by atoms with E-state index in [4.69, 9.17) is 19.9 Å². The fraction of sp³-hybridized carbons (Fsp3) is 0.378.